The number of ether oxygens (including phenoxy) is 2. The zero-order valence-electron chi connectivity index (χ0n) is 15.5. The Morgan fingerprint density at radius 2 is 2.11 bits per heavy atom. The van der Waals surface area contributed by atoms with Gasteiger partial charge in [-0.05, 0) is 48.7 Å². The Kier molecular flexibility index (Phi) is 6.26. The molecule has 1 aromatic heterocycles. The van der Waals surface area contributed by atoms with Crippen LogP contribution in [0.1, 0.15) is 30.5 Å². The van der Waals surface area contributed by atoms with Crippen molar-refractivity contribution in [3.63, 3.8) is 0 Å². The summed E-state index contributed by atoms with van der Waals surface area (Å²) < 4.78 is 11.3. The predicted octanol–water partition coefficient (Wildman–Crippen LogP) is 1.57. The van der Waals surface area contributed by atoms with Crippen LogP contribution < -0.4 is 20.1 Å². The molecule has 0 spiro atoms. The van der Waals surface area contributed by atoms with Crippen LogP contribution in [-0.2, 0) is 11.4 Å². The minimum absolute atomic E-state index is 0.115. The first-order chi connectivity index (χ1) is 13.1. The summed E-state index contributed by atoms with van der Waals surface area (Å²) in [5.74, 6) is 1.13. The fourth-order valence-electron chi connectivity index (χ4n) is 3.03. The summed E-state index contributed by atoms with van der Waals surface area (Å²) in [5, 5.41) is 15.5. The molecule has 7 nitrogen and oxygen atoms in total. The third kappa shape index (κ3) is 4.96. The molecule has 1 aliphatic heterocycles. The molecule has 1 fully saturated rings. The molecule has 144 valence electrons. The van der Waals surface area contributed by atoms with Crippen molar-refractivity contribution in [3.8, 4) is 11.5 Å². The van der Waals surface area contributed by atoms with E-state index in [1.807, 2.05) is 37.3 Å². The van der Waals surface area contributed by atoms with Crippen LogP contribution in [0.25, 0.3) is 0 Å². The zero-order valence-corrected chi connectivity index (χ0v) is 15.5. The summed E-state index contributed by atoms with van der Waals surface area (Å²) in [6, 6.07) is 8.86. The molecule has 2 aromatic rings. The van der Waals surface area contributed by atoms with Crippen molar-refractivity contribution in [2.75, 3.05) is 13.7 Å². The number of carbonyl (C=O) groups excluding carboxylic acids is 1. The fraction of sp³-hybridized carbons (Fsp3) is 0.400. The van der Waals surface area contributed by atoms with Crippen LogP contribution in [0, 0.1) is 0 Å². The lowest BCUT2D eigenvalue weighted by atomic mass is 10.1. The van der Waals surface area contributed by atoms with E-state index in [1.54, 1.807) is 19.5 Å². The number of nitrogens with zero attached hydrogens (tertiary/aromatic N) is 1. The van der Waals surface area contributed by atoms with Crippen LogP contribution in [0.15, 0.2) is 42.7 Å². The molecule has 0 saturated carbocycles. The number of pyridine rings is 1. The molecule has 1 aromatic carbocycles. The average Bonchev–Trinajstić information content (AvgIpc) is 3.13. The second-order valence-corrected chi connectivity index (χ2v) is 6.64. The maximum atomic E-state index is 12.3. The number of aliphatic hydroxyl groups is 1. The van der Waals surface area contributed by atoms with Gasteiger partial charge in [0.15, 0.2) is 11.5 Å². The van der Waals surface area contributed by atoms with Gasteiger partial charge in [-0.2, -0.15) is 0 Å². The highest BCUT2D eigenvalue weighted by atomic mass is 16.5. The Hall–Kier alpha value is -2.64. The lowest BCUT2D eigenvalue weighted by Gasteiger charge is -2.19. The van der Waals surface area contributed by atoms with Crippen LogP contribution in [0.4, 0.5) is 0 Å². The molecule has 3 unspecified atom stereocenters. The van der Waals surface area contributed by atoms with Crippen molar-refractivity contribution < 1.29 is 19.4 Å². The number of hydrogen-bond acceptors (Lipinski definition) is 6. The largest absolute Gasteiger partial charge is 0.493 e. The van der Waals surface area contributed by atoms with E-state index in [-0.39, 0.29) is 18.0 Å². The number of rotatable bonds is 7. The van der Waals surface area contributed by atoms with Gasteiger partial charge in [0.1, 0.15) is 6.61 Å². The Morgan fingerprint density at radius 3 is 2.78 bits per heavy atom. The van der Waals surface area contributed by atoms with Gasteiger partial charge < -0.3 is 25.2 Å². The molecule has 1 amide bonds. The van der Waals surface area contributed by atoms with Crippen molar-refractivity contribution in [2.45, 2.75) is 38.1 Å². The standard InChI is InChI=1S/C20H25N3O4/c1-13(23-20(25)17-10-16(24)11-22-17)15-3-4-18(19(9-15)26-2)27-12-14-5-7-21-8-6-14/h3-9,13,16-17,22,24H,10-12H2,1-2H3,(H,23,25). The van der Waals surface area contributed by atoms with Crippen molar-refractivity contribution >= 4 is 5.91 Å². The number of β-amino-alcohol motifs (C(OH)–C–C–N with tert-alkyl or cyclic N) is 1. The number of aliphatic hydroxyl groups excluding tert-OH is 1. The molecule has 3 rings (SSSR count). The van der Waals surface area contributed by atoms with Crippen LogP contribution in [0.3, 0.4) is 0 Å². The van der Waals surface area contributed by atoms with Gasteiger partial charge in [0, 0.05) is 18.9 Å². The number of hydrogen-bond donors (Lipinski definition) is 3. The van der Waals surface area contributed by atoms with Crippen molar-refractivity contribution in [2.24, 2.45) is 0 Å². The molecule has 7 heteroatoms. The van der Waals surface area contributed by atoms with E-state index in [2.05, 4.69) is 15.6 Å². The summed E-state index contributed by atoms with van der Waals surface area (Å²) in [6.45, 7) is 2.78. The van der Waals surface area contributed by atoms with Crippen molar-refractivity contribution in [3.05, 3.63) is 53.9 Å². The molecule has 3 atom stereocenters. The molecule has 1 saturated heterocycles. The highest BCUT2D eigenvalue weighted by Gasteiger charge is 2.28. The Balaban J connectivity index is 1.63. The van der Waals surface area contributed by atoms with E-state index in [0.717, 1.165) is 11.1 Å². The van der Waals surface area contributed by atoms with Crippen LogP contribution in [-0.4, -0.2) is 41.8 Å². The Bertz CT molecular complexity index is 769. The molecule has 0 aliphatic carbocycles. The molecule has 0 radical (unpaired) electrons. The summed E-state index contributed by atoms with van der Waals surface area (Å²) in [5.41, 5.74) is 1.93. The van der Waals surface area contributed by atoms with Gasteiger partial charge in [0.25, 0.3) is 0 Å². The number of methoxy groups -OCH3 is 1. The number of benzene rings is 1. The van der Waals surface area contributed by atoms with Crippen LogP contribution >= 0.6 is 0 Å². The predicted molar refractivity (Wildman–Crippen MR) is 101 cm³/mol. The smallest absolute Gasteiger partial charge is 0.237 e. The lowest BCUT2D eigenvalue weighted by molar-refractivity contribution is -0.123. The maximum Gasteiger partial charge on any atom is 0.237 e. The number of amides is 1. The molecule has 27 heavy (non-hydrogen) atoms. The molecule has 3 N–H and O–H groups in total. The SMILES string of the molecule is COc1cc(C(C)NC(=O)C2CC(O)CN2)ccc1OCc1ccncc1. The van der Waals surface area contributed by atoms with E-state index < -0.39 is 6.10 Å². The van der Waals surface area contributed by atoms with Gasteiger partial charge in [0.05, 0.1) is 25.3 Å². The van der Waals surface area contributed by atoms with E-state index in [9.17, 15) is 9.90 Å². The third-order valence-corrected chi connectivity index (χ3v) is 4.61. The van der Waals surface area contributed by atoms with Gasteiger partial charge >= 0.3 is 0 Å². The Morgan fingerprint density at radius 1 is 1.33 bits per heavy atom. The normalized spacial score (nSPS) is 20.1. The second-order valence-electron chi connectivity index (χ2n) is 6.64. The summed E-state index contributed by atoms with van der Waals surface area (Å²) in [7, 11) is 1.59. The number of aromatic nitrogens is 1. The van der Waals surface area contributed by atoms with Crippen LogP contribution in [0.5, 0.6) is 11.5 Å². The highest BCUT2D eigenvalue weighted by molar-refractivity contribution is 5.82. The van der Waals surface area contributed by atoms with E-state index in [1.165, 1.54) is 0 Å². The first-order valence-electron chi connectivity index (χ1n) is 8.98. The van der Waals surface area contributed by atoms with E-state index in [4.69, 9.17) is 9.47 Å². The van der Waals surface area contributed by atoms with Crippen molar-refractivity contribution in [1.82, 2.24) is 15.6 Å². The minimum Gasteiger partial charge on any atom is -0.493 e. The monoisotopic (exact) mass is 371 g/mol. The van der Waals surface area contributed by atoms with Crippen LogP contribution in [0.2, 0.25) is 0 Å². The lowest BCUT2D eigenvalue weighted by Crippen LogP contribution is -2.41. The van der Waals surface area contributed by atoms with Crippen molar-refractivity contribution in [1.29, 1.82) is 0 Å². The fourth-order valence-corrected chi connectivity index (χ4v) is 3.03. The molecule has 2 heterocycles. The molecular formula is C20H25N3O4. The summed E-state index contributed by atoms with van der Waals surface area (Å²) in [4.78, 5) is 16.3. The first kappa shape index (κ1) is 19.1. The van der Waals surface area contributed by atoms with Gasteiger partial charge in [-0.1, -0.05) is 6.07 Å². The van der Waals surface area contributed by atoms with Gasteiger partial charge in [-0.15, -0.1) is 0 Å². The topological polar surface area (TPSA) is 92.7 Å². The second kappa shape index (κ2) is 8.83. The highest BCUT2D eigenvalue weighted by Crippen LogP contribution is 2.31. The van der Waals surface area contributed by atoms with Gasteiger partial charge in [-0.25, -0.2) is 0 Å². The van der Waals surface area contributed by atoms with E-state index >= 15 is 0 Å². The summed E-state index contributed by atoms with van der Waals surface area (Å²) >= 11 is 0. The molecular weight excluding hydrogens is 346 g/mol. The van der Waals surface area contributed by atoms with Gasteiger partial charge in [-0.3, -0.25) is 9.78 Å². The van der Waals surface area contributed by atoms with Gasteiger partial charge in [0.2, 0.25) is 5.91 Å². The molecule has 1 aliphatic rings. The quantitative estimate of drug-likeness (QED) is 0.684. The average molecular weight is 371 g/mol. The van der Waals surface area contributed by atoms with E-state index in [0.29, 0.717) is 31.1 Å². The molecule has 0 bridgehead atoms. The Labute approximate surface area is 158 Å². The third-order valence-electron chi connectivity index (χ3n) is 4.61. The summed E-state index contributed by atoms with van der Waals surface area (Å²) in [6.07, 6.45) is 3.42. The number of carbonyl (C=O) groups is 1. The maximum absolute atomic E-state index is 12.3. The first-order valence-corrected chi connectivity index (χ1v) is 8.98. The number of nitrogens with one attached hydrogen (secondary N) is 2. The zero-order chi connectivity index (χ0) is 19.2. The minimum atomic E-state index is -0.465.